The Kier molecular flexibility index (Phi) is 2.95. The van der Waals surface area contributed by atoms with E-state index in [0.717, 1.165) is 6.20 Å². The van der Waals surface area contributed by atoms with Crippen molar-refractivity contribution in [2.45, 2.75) is 3.79 Å². The van der Waals surface area contributed by atoms with E-state index >= 15 is 0 Å². The molecule has 0 fully saturated rings. The first-order chi connectivity index (χ1) is 5.91. The van der Waals surface area contributed by atoms with Gasteiger partial charge in [0.25, 0.3) is 0 Å². The van der Waals surface area contributed by atoms with Gasteiger partial charge >= 0.3 is 5.82 Å². The van der Waals surface area contributed by atoms with Crippen LogP contribution in [0.1, 0.15) is 5.56 Å². The molecule has 0 aliphatic carbocycles. The molecule has 7 heteroatoms. The first kappa shape index (κ1) is 10.5. The van der Waals surface area contributed by atoms with Crippen molar-refractivity contribution >= 4 is 40.6 Å². The second kappa shape index (κ2) is 3.65. The SMILES string of the molecule is O=[N+]([O-])c1ccc(C(Cl)(Cl)Cl)cn1. The summed E-state index contributed by atoms with van der Waals surface area (Å²) in [6, 6.07) is 2.52. The van der Waals surface area contributed by atoms with Crippen LogP contribution < -0.4 is 0 Å². The molecule has 0 aliphatic rings. The monoisotopic (exact) mass is 240 g/mol. The highest BCUT2D eigenvalue weighted by atomic mass is 35.6. The van der Waals surface area contributed by atoms with E-state index in [1.54, 1.807) is 0 Å². The summed E-state index contributed by atoms with van der Waals surface area (Å²) in [5, 5.41) is 10.2. The van der Waals surface area contributed by atoms with Crippen LogP contribution in [0.3, 0.4) is 0 Å². The maximum Gasteiger partial charge on any atom is 0.363 e. The van der Waals surface area contributed by atoms with E-state index in [9.17, 15) is 10.1 Å². The molecule has 1 rings (SSSR count). The number of hydrogen-bond acceptors (Lipinski definition) is 3. The molecule has 1 heterocycles. The van der Waals surface area contributed by atoms with Crippen molar-refractivity contribution in [2.24, 2.45) is 0 Å². The first-order valence-corrected chi connectivity index (χ1v) is 4.22. The number of pyridine rings is 1. The first-order valence-electron chi connectivity index (χ1n) is 3.09. The second-order valence-corrected chi connectivity index (χ2v) is 4.44. The van der Waals surface area contributed by atoms with Crippen molar-refractivity contribution in [2.75, 3.05) is 0 Å². The Morgan fingerprint density at radius 2 is 2.00 bits per heavy atom. The molecule has 0 atom stereocenters. The van der Waals surface area contributed by atoms with Gasteiger partial charge in [-0.15, -0.1) is 0 Å². The van der Waals surface area contributed by atoms with E-state index in [1.807, 2.05) is 0 Å². The second-order valence-electron chi connectivity index (χ2n) is 2.16. The van der Waals surface area contributed by atoms with Gasteiger partial charge < -0.3 is 10.1 Å². The number of alkyl halides is 3. The Hall–Kier alpha value is -0.580. The van der Waals surface area contributed by atoms with Gasteiger partial charge in [-0.2, -0.15) is 0 Å². The summed E-state index contributed by atoms with van der Waals surface area (Å²) in [5.41, 5.74) is 0.295. The zero-order valence-corrected chi connectivity index (χ0v) is 8.34. The van der Waals surface area contributed by atoms with Crippen LogP contribution in [-0.4, -0.2) is 9.91 Å². The smallest absolute Gasteiger partial charge is 0.358 e. The number of halogens is 3. The minimum atomic E-state index is -1.60. The quantitative estimate of drug-likeness (QED) is 0.431. The van der Waals surface area contributed by atoms with Crippen LogP contribution >= 0.6 is 34.8 Å². The maximum atomic E-state index is 10.2. The average Bonchev–Trinajstić information content (AvgIpc) is 2.03. The van der Waals surface area contributed by atoms with Crippen molar-refractivity contribution in [3.8, 4) is 0 Å². The van der Waals surface area contributed by atoms with E-state index in [-0.39, 0.29) is 5.82 Å². The van der Waals surface area contributed by atoms with Crippen LogP contribution in [0.2, 0.25) is 0 Å². The number of nitrogens with zero attached hydrogens (tertiary/aromatic N) is 2. The van der Waals surface area contributed by atoms with E-state index in [2.05, 4.69) is 4.98 Å². The predicted octanol–water partition coefficient (Wildman–Crippen LogP) is 2.82. The lowest BCUT2D eigenvalue weighted by Crippen LogP contribution is -2.01. The minimum Gasteiger partial charge on any atom is -0.358 e. The zero-order valence-electron chi connectivity index (χ0n) is 6.08. The molecule has 0 amide bonds. The Morgan fingerprint density at radius 1 is 1.38 bits per heavy atom. The molecule has 0 aromatic carbocycles. The van der Waals surface area contributed by atoms with Gasteiger partial charge in [0.2, 0.25) is 3.79 Å². The topological polar surface area (TPSA) is 56.0 Å². The summed E-state index contributed by atoms with van der Waals surface area (Å²) in [6.45, 7) is 0. The molecule has 4 nitrogen and oxygen atoms in total. The van der Waals surface area contributed by atoms with E-state index in [1.165, 1.54) is 12.1 Å². The highest BCUT2D eigenvalue weighted by molar-refractivity contribution is 6.66. The fourth-order valence-electron chi connectivity index (χ4n) is 0.662. The third-order valence-corrected chi connectivity index (χ3v) is 1.92. The summed E-state index contributed by atoms with van der Waals surface area (Å²) in [5.74, 6) is -0.280. The molecule has 0 aliphatic heterocycles. The van der Waals surface area contributed by atoms with Crippen LogP contribution in [-0.2, 0) is 3.79 Å². The lowest BCUT2D eigenvalue weighted by molar-refractivity contribution is -0.389. The van der Waals surface area contributed by atoms with Gasteiger partial charge in [-0.25, -0.2) is 0 Å². The third-order valence-electron chi connectivity index (χ3n) is 1.26. The highest BCUT2D eigenvalue weighted by Crippen LogP contribution is 2.37. The zero-order chi connectivity index (χ0) is 10.1. The molecule has 0 radical (unpaired) electrons. The van der Waals surface area contributed by atoms with Crippen molar-refractivity contribution in [1.82, 2.24) is 4.98 Å². The van der Waals surface area contributed by atoms with Gasteiger partial charge in [-0.3, -0.25) is 0 Å². The Labute approximate surface area is 88.6 Å². The fraction of sp³-hybridized carbons (Fsp3) is 0.167. The van der Waals surface area contributed by atoms with Crippen molar-refractivity contribution in [3.63, 3.8) is 0 Å². The van der Waals surface area contributed by atoms with E-state index in [4.69, 9.17) is 34.8 Å². The number of nitro groups is 1. The van der Waals surface area contributed by atoms with Gasteiger partial charge in [0.1, 0.15) is 6.20 Å². The van der Waals surface area contributed by atoms with Crippen molar-refractivity contribution < 1.29 is 4.92 Å². The summed E-state index contributed by atoms with van der Waals surface area (Å²) in [4.78, 5) is 13.1. The number of aromatic nitrogens is 1. The van der Waals surface area contributed by atoms with Crippen molar-refractivity contribution in [1.29, 1.82) is 0 Å². The maximum absolute atomic E-state index is 10.2. The summed E-state index contributed by atoms with van der Waals surface area (Å²) in [7, 11) is 0. The van der Waals surface area contributed by atoms with Crippen LogP contribution in [0.4, 0.5) is 5.82 Å². The molecular formula is C6H3Cl3N2O2. The van der Waals surface area contributed by atoms with Crippen LogP contribution in [0.15, 0.2) is 18.3 Å². The summed E-state index contributed by atoms with van der Waals surface area (Å²) >= 11 is 16.5. The molecule has 0 bridgehead atoms. The summed E-state index contributed by atoms with van der Waals surface area (Å²) in [6.07, 6.45) is 1.16. The largest absolute Gasteiger partial charge is 0.363 e. The van der Waals surface area contributed by atoms with Gasteiger partial charge in [-0.05, 0) is 16.0 Å². The molecule has 0 unspecified atom stereocenters. The third kappa shape index (κ3) is 2.69. The lowest BCUT2D eigenvalue weighted by atomic mass is 10.3. The minimum absolute atomic E-state index is 0.280. The average molecular weight is 241 g/mol. The molecular weight excluding hydrogens is 238 g/mol. The van der Waals surface area contributed by atoms with Crippen molar-refractivity contribution in [3.05, 3.63) is 34.0 Å². The highest BCUT2D eigenvalue weighted by Gasteiger charge is 2.25. The number of hydrogen-bond donors (Lipinski definition) is 0. The molecule has 0 saturated heterocycles. The Bertz CT molecular complexity index is 320. The summed E-state index contributed by atoms with van der Waals surface area (Å²) < 4.78 is -1.60. The van der Waals surface area contributed by atoms with Gasteiger partial charge in [0.05, 0.1) is 0 Å². The van der Waals surface area contributed by atoms with Gasteiger partial charge in [0.15, 0.2) is 0 Å². The molecule has 0 spiro atoms. The Balaban J connectivity index is 3.01. The predicted molar refractivity (Wildman–Crippen MR) is 50.1 cm³/mol. The molecule has 0 saturated carbocycles. The van der Waals surface area contributed by atoms with Gasteiger partial charge in [-0.1, -0.05) is 34.8 Å². The number of rotatable bonds is 1. The standard InChI is InChI=1S/C6H3Cl3N2O2/c7-6(8,9)4-1-2-5(10-3-4)11(12)13/h1-3H. The van der Waals surface area contributed by atoms with E-state index in [0.29, 0.717) is 5.56 Å². The normalized spacial score (nSPS) is 11.3. The van der Waals surface area contributed by atoms with Crippen LogP contribution in [0, 0.1) is 10.1 Å². The van der Waals surface area contributed by atoms with Gasteiger partial charge in [0, 0.05) is 11.6 Å². The molecule has 1 aromatic heterocycles. The fourth-order valence-corrected chi connectivity index (χ4v) is 0.997. The Morgan fingerprint density at radius 3 is 2.31 bits per heavy atom. The van der Waals surface area contributed by atoms with Crippen LogP contribution in [0.5, 0.6) is 0 Å². The molecule has 0 N–H and O–H groups in total. The molecule has 13 heavy (non-hydrogen) atoms. The molecule has 70 valence electrons. The molecule has 1 aromatic rings. The van der Waals surface area contributed by atoms with Crippen LogP contribution in [0.25, 0.3) is 0 Å². The van der Waals surface area contributed by atoms with E-state index < -0.39 is 8.72 Å². The lowest BCUT2D eigenvalue weighted by Gasteiger charge is -2.07.